The number of carbonyl (C=O) groups is 3. The van der Waals surface area contributed by atoms with Gasteiger partial charge in [-0.25, -0.2) is 9.59 Å². The topological polar surface area (TPSA) is 105 Å². The molecule has 0 aliphatic heterocycles. The molecular weight excluding hydrogens is 420 g/mol. The largest absolute Gasteiger partial charge is 0.480 e. The number of carboxylic acid groups (broad SMARTS) is 1. The number of hydrogen-bond acceptors (Lipinski definition) is 4. The molecule has 0 heterocycles. The van der Waals surface area contributed by atoms with Crippen LogP contribution >= 0.6 is 0 Å². The second-order valence-electron chi connectivity index (χ2n) is 9.41. The summed E-state index contributed by atoms with van der Waals surface area (Å²) in [5.41, 5.74) is 3.43. The van der Waals surface area contributed by atoms with Crippen LogP contribution in [0, 0.1) is 11.8 Å². The molecule has 174 valence electrons. The third kappa shape index (κ3) is 4.87. The van der Waals surface area contributed by atoms with Gasteiger partial charge >= 0.3 is 12.1 Å². The summed E-state index contributed by atoms with van der Waals surface area (Å²) in [6, 6.07) is 16.2. The van der Waals surface area contributed by atoms with E-state index in [1.165, 1.54) is 0 Å². The van der Waals surface area contributed by atoms with Gasteiger partial charge in [0.1, 0.15) is 12.1 Å². The van der Waals surface area contributed by atoms with Gasteiger partial charge < -0.3 is 20.5 Å². The average Bonchev–Trinajstić information content (AvgIpc) is 3.51. The van der Waals surface area contributed by atoms with Crippen molar-refractivity contribution >= 4 is 18.0 Å². The number of carboxylic acids is 1. The Kier molecular flexibility index (Phi) is 6.40. The molecule has 2 aliphatic carbocycles. The number of rotatable bonds is 9. The standard InChI is InChI=1S/C26H30N2O5/c1-16(2)13-17(23(29)28-26(11-12-26)24(30)31)14-27-25(32)33-15-22-20-9-5-3-7-18(20)19-8-4-6-10-21(19)22/h3-10,16-17,22H,11-15H2,1-2H3,(H,27,32)(H,28,29)(H,30,31). The third-order valence-corrected chi connectivity index (χ3v) is 6.49. The van der Waals surface area contributed by atoms with Gasteiger partial charge in [-0.1, -0.05) is 62.4 Å². The summed E-state index contributed by atoms with van der Waals surface area (Å²) in [4.78, 5) is 36.6. The number of hydrogen-bond donors (Lipinski definition) is 3. The number of alkyl carbamates (subject to hydrolysis) is 1. The van der Waals surface area contributed by atoms with E-state index in [0.29, 0.717) is 19.3 Å². The zero-order chi connectivity index (χ0) is 23.6. The normalized spacial score (nSPS) is 16.5. The first-order valence-corrected chi connectivity index (χ1v) is 11.4. The lowest BCUT2D eigenvalue weighted by Gasteiger charge is -2.22. The van der Waals surface area contributed by atoms with E-state index in [1.54, 1.807) is 0 Å². The van der Waals surface area contributed by atoms with E-state index in [-0.39, 0.29) is 30.9 Å². The molecule has 7 heteroatoms. The maximum Gasteiger partial charge on any atom is 0.407 e. The van der Waals surface area contributed by atoms with Crippen molar-refractivity contribution in [3.05, 3.63) is 59.7 Å². The molecule has 4 rings (SSSR count). The van der Waals surface area contributed by atoms with E-state index in [1.807, 2.05) is 38.1 Å². The maximum atomic E-state index is 12.7. The van der Waals surface area contributed by atoms with Crippen LogP contribution in [0.4, 0.5) is 4.79 Å². The number of carbonyl (C=O) groups excluding carboxylic acids is 2. The SMILES string of the molecule is CC(C)CC(CNC(=O)OCC1c2ccccc2-c2ccccc21)C(=O)NC1(C(=O)O)CC1. The Balaban J connectivity index is 1.35. The molecule has 0 radical (unpaired) electrons. The maximum absolute atomic E-state index is 12.7. The van der Waals surface area contributed by atoms with E-state index in [9.17, 15) is 19.5 Å². The quantitative estimate of drug-likeness (QED) is 0.537. The summed E-state index contributed by atoms with van der Waals surface area (Å²) < 4.78 is 5.55. The fourth-order valence-electron chi connectivity index (χ4n) is 4.56. The summed E-state index contributed by atoms with van der Waals surface area (Å²) in [5.74, 6) is -1.71. The zero-order valence-electron chi connectivity index (χ0n) is 19.0. The molecule has 2 aromatic carbocycles. The number of fused-ring (bicyclic) bond motifs is 3. The highest BCUT2D eigenvalue weighted by molar-refractivity contribution is 5.90. The van der Waals surface area contributed by atoms with E-state index < -0.39 is 23.5 Å². The molecule has 0 spiro atoms. The van der Waals surface area contributed by atoms with Gasteiger partial charge in [-0.15, -0.1) is 0 Å². The van der Waals surface area contributed by atoms with E-state index in [0.717, 1.165) is 22.3 Å². The van der Waals surface area contributed by atoms with Gasteiger partial charge in [0.25, 0.3) is 0 Å². The van der Waals surface area contributed by atoms with E-state index in [2.05, 4.69) is 34.9 Å². The number of ether oxygens (including phenoxy) is 1. The lowest BCUT2D eigenvalue weighted by Crippen LogP contribution is -2.48. The van der Waals surface area contributed by atoms with Gasteiger partial charge in [0, 0.05) is 12.5 Å². The van der Waals surface area contributed by atoms with Crippen LogP contribution in [0.5, 0.6) is 0 Å². The molecule has 33 heavy (non-hydrogen) atoms. The summed E-state index contributed by atoms with van der Waals surface area (Å²) in [6.45, 7) is 4.26. The predicted molar refractivity (Wildman–Crippen MR) is 124 cm³/mol. The molecule has 1 unspecified atom stereocenters. The second kappa shape index (κ2) is 9.25. The van der Waals surface area contributed by atoms with Crippen LogP contribution in [0.25, 0.3) is 11.1 Å². The zero-order valence-corrected chi connectivity index (χ0v) is 19.0. The van der Waals surface area contributed by atoms with Gasteiger partial charge in [0.2, 0.25) is 5.91 Å². The smallest absolute Gasteiger partial charge is 0.407 e. The molecule has 0 aromatic heterocycles. The van der Waals surface area contributed by atoms with Crippen molar-refractivity contribution in [2.75, 3.05) is 13.2 Å². The molecule has 2 aliphatic rings. The number of aliphatic carboxylic acids is 1. The second-order valence-corrected chi connectivity index (χ2v) is 9.41. The van der Waals surface area contributed by atoms with Crippen molar-refractivity contribution in [3.63, 3.8) is 0 Å². The first-order chi connectivity index (χ1) is 15.8. The van der Waals surface area contributed by atoms with Gasteiger partial charge in [-0.05, 0) is 47.4 Å². The van der Waals surface area contributed by atoms with Crippen LogP contribution in [0.15, 0.2) is 48.5 Å². The predicted octanol–water partition coefficient (Wildman–Crippen LogP) is 3.92. The Morgan fingerprint density at radius 3 is 2.12 bits per heavy atom. The minimum absolute atomic E-state index is 0.0387. The van der Waals surface area contributed by atoms with Crippen molar-refractivity contribution in [1.29, 1.82) is 0 Å². The lowest BCUT2D eigenvalue weighted by atomic mass is 9.95. The van der Waals surface area contributed by atoms with Gasteiger partial charge in [-0.2, -0.15) is 0 Å². The van der Waals surface area contributed by atoms with Crippen molar-refractivity contribution in [1.82, 2.24) is 10.6 Å². The summed E-state index contributed by atoms with van der Waals surface area (Å²) in [7, 11) is 0. The van der Waals surface area contributed by atoms with Crippen molar-refractivity contribution in [2.45, 2.75) is 44.6 Å². The van der Waals surface area contributed by atoms with Crippen molar-refractivity contribution < 1.29 is 24.2 Å². The Hall–Kier alpha value is -3.35. The average molecular weight is 451 g/mol. The monoisotopic (exact) mass is 450 g/mol. The fraction of sp³-hybridized carbons (Fsp3) is 0.423. The Bertz CT molecular complexity index is 1010. The molecule has 1 fully saturated rings. The summed E-state index contributed by atoms with van der Waals surface area (Å²) in [6.07, 6.45) is 0.813. The van der Waals surface area contributed by atoms with Crippen LogP contribution in [0.3, 0.4) is 0 Å². The first kappa shape index (κ1) is 22.8. The summed E-state index contributed by atoms with van der Waals surface area (Å²) >= 11 is 0. The van der Waals surface area contributed by atoms with Gasteiger partial charge in [0.15, 0.2) is 0 Å². The van der Waals surface area contributed by atoms with Crippen molar-refractivity contribution in [2.24, 2.45) is 11.8 Å². The highest BCUT2D eigenvalue weighted by Gasteiger charge is 2.52. The van der Waals surface area contributed by atoms with E-state index >= 15 is 0 Å². The molecule has 0 saturated heterocycles. The number of amides is 2. The summed E-state index contributed by atoms with van der Waals surface area (Å²) in [5, 5.41) is 14.7. The Labute approximate surface area is 193 Å². The number of nitrogens with one attached hydrogen (secondary N) is 2. The minimum Gasteiger partial charge on any atom is -0.480 e. The minimum atomic E-state index is -1.14. The molecule has 2 amide bonds. The van der Waals surface area contributed by atoms with E-state index in [4.69, 9.17) is 4.74 Å². The van der Waals surface area contributed by atoms with Gasteiger partial charge in [0.05, 0.1) is 5.92 Å². The fourth-order valence-corrected chi connectivity index (χ4v) is 4.56. The van der Waals surface area contributed by atoms with Crippen LogP contribution in [-0.4, -0.2) is 41.8 Å². The molecule has 7 nitrogen and oxygen atoms in total. The highest BCUT2D eigenvalue weighted by Crippen LogP contribution is 2.44. The van der Waals surface area contributed by atoms with Crippen molar-refractivity contribution in [3.8, 4) is 11.1 Å². The van der Waals surface area contributed by atoms with Crippen LogP contribution in [0.1, 0.15) is 50.2 Å². The third-order valence-electron chi connectivity index (χ3n) is 6.49. The first-order valence-electron chi connectivity index (χ1n) is 11.4. The van der Waals surface area contributed by atoms with Gasteiger partial charge in [-0.3, -0.25) is 4.79 Å². The van der Waals surface area contributed by atoms with Crippen LogP contribution in [-0.2, 0) is 14.3 Å². The molecular formula is C26H30N2O5. The number of benzene rings is 2. The van der Waals surface area contributed by atoms with Crippen LogP contribution < -0.4 is 10.6 Å². The molecule has 1 saturated carbocycles. The molecule has 2 aromatic rings. The Morgan fingerprint density at radius 1 is 1.03 bits per heavy atom. The lowest BCUT2D eigenvalue weighted by molar-refractivity contribution is -0.143. The highest BCUT2D eigenvalue weighted by atomic mass is 16.5. The van der Waals surface area contributed by atoms with Crippen LogP contribution in [0.2, 0.25) is 0 Å². The Morgan fingerprint density at radius 2 is 1.61 bits per heavy atom. The molecule has 0 bridgehead atoms. The molecule has 1 atom stereocenters. The molecule has 3 N–H and O–H groups in total.